The number of carboxylic acids is 1. The number of benzene rings is 2. The van der Waals surface area contributed by atoms with E-state index in [4.69, 9.17) is 16.3 Å². The van der Waals surface area contributed by atoms with E-state index in [0.29, 0.717) is 38.5 Å². The van der Waals surface area contributed by atoms with E-state index < -0.39 is 88.1 Å². The second kappa shape index (κ2) is 14.6. The molecule has 6 rings (SSSR count). The number of halogens is 3. The van der Waals surface area contributed by atoms with Crippen LogP contribution in [0.15, 0.2) is 42.7 Å². The summed E-state index contributed by atoms with van der Waals surface area (Å²) in [5.41, 5.74) is -0.124. The highest BCUT2D eigenvalue weighted by atomic mass is 35.5. The number of nitrogens with zero attached hydrogens (tertiary/aromatic N) is 4. The lowest BCUT2D eigenvalue weighted by atomic mass is 9.72. The zero-order chi connectivity index (χ0) is 36.6. The molecule has 3 aliphatic heterocycles. The smallest absolute Gasteiger partial charge is 0.534 e. The molecule has 268 valence electrons. The third-order valence-corrected chi connectivity index (χ3v) is 9.60. The Morgan fingerprint density at radius 2 is 1.82 bits per heavy atom. The highest BCUT2D eigenvalue weighted by Crippen LogP contribution is 2.41. The molecule has 3 aromatic rings. The van der Waals surface area contributed by atoms with Crippen molar-refractivity contribution in [3.8, 4) is 17.2 Å². The van der Waals surface area contributed by atoms with E-state index in [-0.39, 0.29) is 31.1 Å². The number of imide groups is 1. The molecule has 0 spiro atoms. The van der Waals surface area contributed by atoms with E-state index in [2.05, 4.69) is 20.5 Å². The van der Waals surface area contributed by atoms with Crippen molar-refractivity contribution in [1.82, 2.24) is 30.3 Å². The molecule has 0 bridgehead atoms. The largest absolute Gasteiger partial charge is 0.547 e. The van der Waals surface area contributed by atoms with E-state index in [1.807, 2.05) is 12.1 Å². The number of aromatic hydroxyl groups is 2. The summed E-state index contributed by atoms with van der Waals surface area (Å²) in [4.78, 5) is 61.3. The Morgan fingerprint density at radius 3 is 2.51 bits per heavy atom. The first-order valence-corrected chi connectivity index (χ1v) is 16.3. The molecule has 1 aromatic heterocycles. The predicted molar refractivity (Wildman–Crippen MR) is 175 cm³/mol. The quantitative estimate of drug-likeness (QED) is 0.147. The molecule has 0 radical (unpaired) electrons. The zero-order valence-corrected chi connectivity index (χ0v) is 27.5. The number of hydrogen-bond donors (Lipinski definition) is 6. The number of phenolic OH excluding ortho intramolecular Hbond substituents is 2. The molecule has 0 unspecified atom stereocenters. The first-order chi connectivity index (χ1) is 24.3. The van der Waals surface area contributed by atoms with Crippen molar-refractivity contribution >= 4 is 42.7 Å². The number of aromatic carboxylic acids is 1. The van der Waals surface area contributed by atoms with Crippen molar-refractivity contribution in [2.24, 2.45) is 0 Å². The number of urea groups is 2. The number of nitrogens with one attached hydrogen (secondary N) is 2. The van der Waals surface area contributed by atoms with Gasteiger partial charge in [-0.2, -0.15) is 0 Å². The minimum Gasteiger partial charge on any atom is -0.534 e. The van der Waals surface area contributed by atoms with Gasteiger partial charge < -0.3 is 40.5 Å². The number of rotatable bonds is 8. The normalized spacial score (nSPS) is 18.6. The fourth-order valence-corrected chi connectivity index (χ4v) is 6.82. The van der Waals surface area contributed by atoms with Gasteiger partial charge in [-0.25, -0.2) is 28.1 Å². The average Bonchev–Trinajstić information content (AvgIpc) is 3.50. The lowest BCUT2D eigenvalue weighted by Crippen LogP contribution is -2.56. The number of pyridine rings is 1. The summed E-state index contributed by atoms with van der Waals surface area (Å²) in [6.45, 7) is 2.31. The van der Waals surface area contributed by atoms with Crippen LogP contribution in [0.5, 0.6) is 17.2 Å². The minimum atomic E-state index is -1.90. The number of fused-ring (bicyclic) bond motifs is 1. The van der Waals surface area contributed by atoms with Crippen molar-refractivity contribution in [3.63, 3.8) is 0 Å². The van der Waals surface area contributed by atoms with Gasteiger partial charge in [0.05, 0.1) is 11.0 Å². The fourth-order valence-electron chi connectivity index (χ4n) is 6.56. The first kappa shape index (κ1) is 35.6. The topological polar surface area (TPSA) is 205 Å². The number of carbonyl (C=O) groups excluding carboxylic acids is 3. The van der Waals surface area contributed by atoms with Gasteiger partial charge in [-0.1, -0.05) is 23.7 Å². The lowest BCUT2D eigenvalue weighted by Gasteiger charge is -2.36. The third kappa shape index (κ3) is 7.20. The van der Waals surface area contributed by atoms with Crippen LogP contribution in [0.3, 0.4) is 0 Å². The molecule has 2 saturated heterocycles. The molecule has 19 heteroatoms. The van der Waals surface area contributed by atoms with E-state index in [0.717, 1.165) is 16.5 Å². The highest BCUT2D eigenvalue weighted by molar-refractivity contribution is 6.47. The lowest BCUT2D eigenvalue weighted by molar-refractivity contribution is -0.123. The number of carbonyl (C=O) groups is 4. The number of hydrogen-bond acceptors (Lipinski definition) is 10. The molecule has 15 nitrogen and oxygen atoms in total. The molecular formula is C32H32BClF2N6O9. The number of piperidine rings is 1. The summed E-state index contributed by atoms with van der Waals surface area (Å²) in [6, 6.07) is 2.84. The van der Waals surface area contributed by atoms with Gasteiger partial charge in [0.25, 0.3) is 0 Å². The molecule has 0 saturated carbocycles. The number of amides is 5. The summed E-state index contributed by atoms with van der Waals surface area (Å²) in [5.74, 6) is -9.31. The summed E-state index contributed by atoms with van der Waals surface area (Å²) < 4.78 is 34.1. The van der Waals surface area contributed by atoms with E-state index in [9.17, 15) is 48.3 Å². The van der Waals surface area contributed by atoms with Crippen LogP contribution in [0, 0.1) is 11.6 Å². The summed E-state index contributed by atoms with van der Waals surface area (Å²) in [5, 5.41) is 44.3. The van der Waals surface area contributed by atoms with E-state index in [1.54, 1.807) is 17.3 Å². The molecular weight excluding hydrogens is 697 g/mol. The Hall–Kier alpha value is -5.20. The molecule has 6 N–H and O–H groups in total. The van der Waals surface area contributed by atoms with Gasteiger partial charge in [-0.05, 0) is 48.6 Å². The van der Waals surface area contributed by atoms with E-state index >= 15 is 0 Å². The Kier molecular flexibility index (Phi) is 10.2. The van der Waals surface area contributed by atoms with Crippen LogP contribution in [-0.2, 0) is 17.8 Å². The molecule has 2 aromatic carbocycles. The van der Waals surface area contributed by atoms with E-state index in [1.165, 1.54) is 6.07 Å². The van der Waals surface area contributed by atoms with Crippen LogP contribution in [0.1, 0.15) is 45.9 Å². The molecule has 0 aliphatic carbocycles. The molecule has 3 aliphatic rings. The van der Waals surface area contributed by atoms with Crippen LogP contribution in [0.4, 0.5) is 18.4 Å². The van der Waals surface area contributed by atoms with Crippen LogP contribution < -0.4 is 15.3 Å². The van der Waals surface area contributed by atoms with Crippen molar-refractivity contribution in [1.29, 1.82) is 0 Å². The number of aromatic nitrogens is 1. The second-order valence-corrected chi connectivity index (χ2v) is 12.8. The van der Waals surface area contributed by atoms with Gasteiger partial charge in [-0.15, -0.1) is 0 Å². The summed E-state index contributed by atoms with van der Waals surface area (Å²) in [7, 11) is -1.90. The van der Waals surface area contributed by atoms with Gasteiger partial charge in [0.2, 0.25) is 5.91 Å². The maximum absolute atomic E-state index is 14.6. The van der Waals surface area contributed by atoms with Crippen LogP contribution in [-0.4, -0.2) is 109 Å². The molecule has 2 atom stereocenters. The van der Waals surface area contributed by atoms with Gasteiger partial charge in [0, 0.05) is 56.7 Å². The van der Waals surface area contributed by atoms with Gasteiger partial charge in [-0.3, -0.25) is 14.7 Å². The number of carboxylic acid groups (broad SMARTS) is 1. The number of likely N-dealkylation sites (tertiary alicyclic amines) is 1. The van der Waals surface area contributed by atoms with Crippen LogP contribution in [0.25, 0.3) is 0 Å². The highest BCUT2D eigenvalue weighted by Gasteiger charge is 2.43. The average molecular weight is 729 g/mol. The fraction of sp³-hybridized carbons (Fsp3) is 0.344. The summed E-state index contributed by atoms with van der Waals surface area (Å²) >= 11 is 6.20. The molecule has 5 amide bonds. The van der Waals surface area contributed by atoms with Crippen molar-refractivity contribution < 1.29 is 53.0 Å². The maximum atomic E-state index is 14.6. The van der Waals surface area contributed by atoms with Crippen molar-refractivity contribution in [2.75, 3.05) is 26.2 Å². The Bertz CT molecular complexity index is 1870. The standard InChI is InChI=1S/C32H32BClF2N6O9/c34-24-19(13-21(36)26(43)27(24)44)25(29(45)38-22-12-17-3-4-20(35)23(30(46)47)28(17)51-33(22)50)39-31(48)42-11-10-41(32(42)49)18-5-8-40(9-6-18)15-16-2-1-7-37-14-16/h1-4,7,13-14,18,22,25,43-44,50H,5-6,8-12,15H2,(H,38,45)(H,39,48)(H,46,47)/t22-,25+/m0/s1. The van der Waals surface area contributed by atoms with Crippen molar-refractivity contribution in [3.05, 3.63) is 81.6 Å². The van der Waals surface area contributed by atoms with Crippen LogP contribution in [0.2, 0.25) is 5.02 Å². The van der Waals surface area contributed by atoms with Gasteiger partial charge in [0.15, 0.2) is 17.3 Å². The first-order valence-electron chi connectivity index (χ1n) is 15.9. The van der Waals surface area contributed by atoms with Gasteiger partial charge in [0.1, 0.15) is 23.2 Å². The maximum Gasteiger partial charge on any atom is 0.547 e. The van der Waals surface area contributed by atoms with Crippen LogP contribution >= 0.6 is 11.6 Å². The monoisotopic (exact) mass is 728 g/mol. The Morgan fingerprint density at radius 1 is 1.08 bits per heavy atom. The Balaban J connectivity index is 1.17. The van der Waals surface area contributed by atoms with Crippen molar-refractivity contribution in [2.45, 2.75) is 43.8 Å². The number of phenols is 2. The predicted octanol–water partition coefficient (Wildman–Crippen LogP) is 2.42. The zero-order valence-electron chi connectivity index (χ0n) is 26.8. The van der Waals surface area contributed by atoms with Gasteiger partial charge >= 0.3 is 25.1 Å². The SMILES string of the molecule is O=C(O)c1c(F)ccc2c1OB(O)[C@@H](NC(=O)[C@H](NC(=O)N1CCN(C3CCN(Cc4cccnc4)CC3)C1=O)c1cc(F)c(O)c(O)c1Cl)C2. The molecule has 51 heavy (non-hydrogen) atoms. The third-order valence-electron chi connectivity index (χ3n) is 9.20. The second-order valence-electron chi connectivity index (χ2n) is 12.4. The Labute approximate surface area is 294 Å². The summed E-state index contributed by atoms with van der Waals surface area (Å²) in [6.07, 6.45) is 4.55. The molecule has 4 heterocycles. The molecule has 2 fully saturated rings. The minimum absolute atomic E-state index is 0.0355.